The number of anilines is 1. The van der Waals surface area contributed by atoms with E-state index in [-0.39, 0.29) is 0 Å². The number of rotatable bonds is 2. The molecule has 2 heterocycles. The van der Waals surface area contributed by atoms with Gasteiger partial charge in [0.2, 0.25) is 0 Å². The monoisotopic (exact) mass is 280 g/mol. The van der Waals surface area contributed by atoms with Crippen LogP contribution in [-0.2, 0) is 0 Å². The molecular weight excluding hydrogens is 260 g/mol. The molecule has 2 aromatic rings. The van der Waals surface area contributed by atoms with Crippen molar-refractivity contribution in [1.82, 2.24) is 9.88 Å². The average molecular weight is 280 g/mol. The highest BCUT2D eigenvalue weighted by Gasteiger charge is 2.22. The number of fused-ring (bicyclic) bond motifs is 1. The van der Waals surface area contributed by atoms with Crippen LogP contribution in [0.15, 0.2) is 30.5 Å². The van der Waals surface area contributed by atoms with Crippen LogP contribution in [0.5, 0.6) is 0 Å². The zero-order valence-electron chi connectivity index (χ0n) is 12.6. The summed E-state index contributed by atoms with van der Waals surface area (Å²) in [5, 5.41) is 10.5. The number of nitriles is 1. The van der Waals surface area contributed by atoms with Gasteiger partial charge >= 0.3 is 0 Å². The maximum atomic E-state index is 9.42. The third-order valence-corrected chi connectivity index (χ3v) is 4.23. The molecule has 1 aromatic heterocycles. The summed E-state index contributed by atoms with van der Waals surface area (Å²) in [4.78, 5) is 9.20. The van der Waals surface area contributed by atoms with Gasteiger partial charge in [-0.1, -0.05) is 18.2 Å². The Hall–Kier alpha value is -2.12. The molecule has 21 heavy (non-hydrogen) atoms. The fourth-order valence-electron chi connectivity index (χ4n) is 3.01. The molecule has 3 rings (SSSR count). The lowest BCUT2D eigenvalue weighted by molar-refractivity contribution is 0.209. The van der Waals surface area contributed by atoms with Crippen molar-refractivity contribution in [2.75, 3.05) is 31.1 Å². The van der Waals surface area contributed by atoms with Gasteiger partial charge in [-0.15, -0.1) is 0 Å². The molecular formula is C17H20N4. The van der Waals surface area contributed by atoms with Gasteiger partial charge in [-0.2, -0.15) is 5.26 Å². The van der Waals surface area contributed by atoms with Crippen LogP contribution in [0, 0.1) is 11.3 Å². The van der Waals surface area contributed by atoms with Crippen molar-refractivity contribution in [3.63, 3.8) is 0 Å². The molecule has 1 aliphatic heterocycles. The van der Waals surface area contributed by atoms with Crippen molar-refractivity contribution in [1.29, 1.82) is 5.26 Å². The standard InChI is InChI=1S/C17H20N4/c1-13(2)20-7-9-21(10-8-20)17-14(11-18)12-19-16-6-4-3-5-15(16)17/h3-6,12-13H,7-10H2,1-2H3. The molecule has 1 aromatic carbocycles. The maximum absolute atomic E-state index is 9.42. The van der Waals surface area contributed by atoms with Gasteiger partial charge in [0.1, 0.15) is 6.07 Å². The highest BCUT2D eigenvalue weighted by molar-refractivity contribution is 5.94. The Morgan fingerprint density at radius 1 is 1.14 bits per heavy atom. The lowest BCUT2D eigenvalue weighted by atomic mass is 10.1. The maximum Gasteiger partial charge on any atom is 0.103 e. The molecule has 0 aliphatic carbocycles. The Morgan fingerprint density at radius 2 is 1.86 bits per heavy atom. The Labute approximate surface area is 125 Å². The van der Waals surface area contributed by atoms with Crippen LogP contribution in [0.1, 0.15) is 19.4 Å². The third-order valence-electron chi connectivity index (χ3n) is 4.23. The summed E-state index contributed by atoms with van der Waals surface area (Å²) in [5.74, 6) is 0. The molecule has 1 saturated heterocycles. The second kappa shape index (κ2) is 5.71. The first-order valence-corrected chi connectivity index (χ1v) is 7.47. The Balaban J connectivity index is 1.99. The normalized spacial score (nSPS) is 16.4. The van der Waals surface area contributed by atoms with E-state index in [0.717, 1.165) is 42.8 Å². The van der Waals surface area contributed by atoms with Gasteiger partial charge in [0, 0.05) is 43.8 Å². The van der Waals surface area contributed by atoms with Crippen molar-refractivity contribution in [2.24, 2.45) is 0 Å². The van der Waals surface area contributed by atoms with Gasteiger partial charge in [-0.05, 0) is 19.9 Å². The number of piperazine rings is 1. The minimum absolute atomic E-state index is 0.580. The molecule has 0 saturated carbocycles. The second-order valence-corrected chi connectivity index (χ2v) is 5.77. The summed E-state index contributed by atoms with van der Waals surface area (Å²) in [6, 6.07) is 10.9. The van der Waals surface area contributed by atoms with Crippen LogP contribution >= 0.6 is 0 Å². The minimum Gasteiger partial charge on any atom is -0.367 e. The zero-order valence-corrected chi connectivity index (χ0v) is 12.6. The van der Waals surface area contributed by atoms with E-state index in [2.05, 4.69) is 40.8 Å². The van der Waals surface area contributed by atoms with E-state index in [1.807, 2.05) is 18.2 Å². The van der Waals surface area contributed by atoms with E-state index in [1.54, 1.807) is 6.20 Å². The summed E-state index contributed by atoms with van der Waals surface area (Å²) in [6.45, 7) is 8.47. The fourth-order valence-corrected chi connectivity index (χ4v) is 3.01. The summed E-state index contributed by atoms with van der Waals surface area (Å²) in [7, 11) is 0. The van der Waals surface area contributed by atoms with Gasteiger partial charge in [0.15, 0.2) is 0 Å². The third kappa shape index (κ3) is 2.57. The highest BCUT2D eigenvalue weighted by atomic mass is 15.3. The fraction of sp³-hybridized carbons (Fsp3) is 0.412. The Morgan fingerprint density at radius 3 is 2.52 bits per heavy atom. The quantitative estimate of drug-likeness (QED) is 0.848. The van der Waals surface area contributed by atoms with Crippen LogP contribution in [0.2, 0.25) is 0 Å². The van der Waals surface area contributed by atoms with Crippen molar-refractivity contribution >= 4 is 16.6 Å². The lowest BCUT2D eigenvalue weighted by Crippen LogP contribution is -2.49. The Kier molecular flexibility index (Phi) is 3.76. The molecule has 0 spiro atoms. The lowest BCUT2D eigenvalue weighted by Gasteiger charge is -2.38. The summed E-state index contributed by atoms with van der Waals surface area (Å²) >= 11 is 0. The zero-order chi connectivity index (χ0) is 14.8. The van der Waals surface area contributed by atoms with E-state index < -0.39 is 0 Å². The van der Waals surface area contributed by atoms with Crippen molar-refractivity contribution in [3.8, 4) is 6.07 Å². The molecule has 0 amide bonds. The molecule has 0 atom stereocenters. The Bertz CT molecular complexity index is 679. The topological polar surface area (TPSA) is 43.2 Å². The van der Waals surface area contributed by atoms with E-state index in [4.69, 9.17) is 0 Å². The van der Waals surface area contributed by atoms with Gasteiger partial charge in [-0.25, -0.2) is 0 Å². The average Bonchev–Trinajstić information content (AvgIpc) is 2.53. The number of aromatic nitrogens is 1. The molecule has 0 radical (unpaired) electrons. The molecule has 1 fully saturated rings. The number of hydrogen-bond donors (Lipinski definition) is 0. The van der Waals surface area contributed by atoms with Crippen molar-refractivity contribution in [3.05, 3.63) is 36.0 Å². The van der Waals surface area contributed by atoms with E-state index >= 15 is 0 Å². The van der Waals surface area contributed by atoms with E-state index in [0.29, 0.717) is 11.6 Å². The first-order chi connectivity index (χ1) is 10.2. The first-order valence-electron chi connectivity index (χ1n) is 7.47. The minimum atomic E-state index is 0.580. The van der Waals surface area contributed by atoms with Crippen LogP contribution < -0.4 is 4.90 Å². The van der Waals surface area contributed by atoms with Crippen molar-refractivity contribution in [2.45, 2.75) is 19.9 Å². The first kappa shape index (κ1) is 13.8. The van der Waals surface area contributed by atoms with Crippen LogP contribution in [-0.4, -0.2) is 42.1 Å². The largest absolute Gasteiger partial charge is 0.367 e. The number of hydrogen-bond acceptors (Lipinski definition) is 4. The van der Waals surface area contributed by atoms with Gasteiger partial charge in [0.05, 0.1) is 16.8 Å². The molecule has 4 heteroatoms. The van der Waals surface area contributed by atoms with Gasteiger partial charge < -0.3 is 4.90 Å². The smallest absolute Gasteiger partial charge is 0.103 e. The van der Waals surface area contributed by atoms with E-state index in [9.17, 15) is 5.26 Å². The van der Waals surface area contributed by atoms with Crippen LogP contribution in [0.25, 0.3) is 10.9 Å². The number of benzene rings is 1. The van der Waals surface area contributed by atoms with Crippen LogP contribution in [0.3, 0.4) is 0 Å². The highest BCUT2D eigenvalue weighted by Crippen LogP contribution is 2.30. The van der Waals surface area contributed by atoms with E-state index in [1.165, 1.54) is 0 Å². The van der Waals surface area contributed by atoms with Crippen LogP contribution in [0.4, 0.5) is 5.69 Å². The summed E-state index contributed by atoms with van der Waals surface area (Å²) in [6.07, 6.45) is 1.70. The summed E-state index contributed by atoms with van der Waals surface area (Å²) in [5.41, 5.74) is 2.68. The predicted octanol–water partition coefficient (Wildman–Crippen LogP) is 2.64. The molecule has 4 nitrogen and oxygen atoms in total. The van der Waals surface area contributed by atoms with Gasteiger partial charge in [-0.3, -0.25) is 9.88 Å². The van der Waals surface area contributed by atoms with Gasteiger partial charge in [0.25, 0.3) is 0 Å². The predicted molar refractivity (Wildman–Crippen MR) is 85.4 cm³/mol. The molecule has 1 aliphatic rings. The molecule has 0 bridgehead atoms. The number of para-hydroxylation sites is 1. The second-order valence-electron chi connectivity index (χ2n) is 5.77. The molecule has 0 unspecified atom stereocenters. The summed E-state index contributed by atoms with van der Waals surface area (Å²) < 4.78 is 0. The molecule has 0 N–H and O–H groups in total. The van der Waals surface area contributed by atoms with Crippen molar-refractivity contribution < 1.29 is 0 Å². The number of pyridine rings is 1. The SMILES string of the molecule is CC(C)N1CCN(c2c(C#N)cnc3ccccc23)CC1. The number of nitrogens with zero attached hydrogens (tertiary/aromatic N) is 4. The molecule has 108 valence electrons.